The van der Waals surface area contributed by atoms with E-state index in [4.69, 9.17) is 4.74 Å². The van der Waals surface area contributed by atoms with Crippen molar-refractivity contribution in [2.75, 3.05) is 6.61 Å². The molecule has 2 atom stereocenters. The van der Waals surface area contributed by atoms with Gasteiger partial charge in [0.15, 0.2) is 5.78 Å². The number of alkyl halides is 3. The van der Waals surface area contributed by atoms with Gasteiger partial charge in [-0.25, -0.2) is 4.79 Å². The van der Waals surface area contributed by atoms with Gasteiger partial charge in [-0.15, -0.1) is 0 Å². The summed E-state index contributed by atoms with van der Waals surface area (Å²) in [7, 11) is 0. The molecule has 22 heavy (non-hydrogen) atoms. The summed E-state index contributed by atoms with van der Waals surface area (Å²) in [4.78, 5) is 23.0. The zero-order valence-electron chi connectivity index (χ0n) is 11.9. The standard InChI is InChI=1S/C15H15F3O4/c1-9(19)10-4-6-11(7-5-10)14(20)22-13(15(16,17)18)12-3-2-8-21-12/h4-7,12-13H,2-3,8H2,1H3. The zero-order chi connectivity index (χ0) is 16.3. The summed E-state index contributed by atoms with van der Waals surface area (Å²) < 4.78 is 48.6. The molecule has 0 radical (unpaired) electrons. The Labute approximate surface area is 125 Å². The molecule has 1 heterocycles. The van der Waals surface area contributed by atoms with Gasteiger partial charge in [0, 0.05) is 12.2 Å². The number of benzene rings is 1. The van der Waals surface area contributed by atoms with Gasteiger partial charge in [0.1, 0.15) is 6.10 Å². The summed E-state index contributed by atoms with van der Waals surface area (Å²) in [6.07, 6.45) is -7.44. The first-order chi connectivity index (χ1) is 10.3. The highest BCUT2D eigenvalue weighted by molar-refractivity contribution is 5.96. The Balaban J connectivity index is 2.11. The van der Waals surface area contributed by atoms with E-state index in [9.17, 15) is 22.8 Å². The summed E-state index contributed by atoms with van der Waals surface area (Å²) in [5.41, 5.74) is 0.320. The molecular weight excluding hydrogens is 301 g/mol. The molecule has 0 N–H and O–H groups in total. The predicted octanol–water partition coefficient (Wildman–Crippen LogP) is 3.16. The van der Waals surface area contributed by atoms with Gasteiger partial charge >= 0.3 is 12.1 Å². The zero-order valence-corrected chi connectivity index (χ0v) is 11.9. The SMILES string of the molecule is CC(=O)c1ccc(C(=O)OC(C2CCCO2)C(F)(F)F)cc1. The second kappa shape index (κ2) is 6.48. The number of esters is 1. The van der Waals surface area contributed by atoms with Crippen molar-refractivity contribution in [3.8, 4) is 0 Å². The Morgan fingerprint density at radius 3 is 2.27 bits per heavy atom. The molecule has 0 amide bonds. The first-order valence-corrected chi connectivity index (χ1v) is 6.79. The minimum atomic E-state index is -4.69. The summed E-state index contributed by atoms with van der Waals surface area (Å²) in [6, 6.07) is 5.27. The van der Waals surface area contributed by atoms with E-state index in [0.29, 0.717) is 12.0 Å². The molecular formula is C15H15F3O4. The molecule has 1 aliphatic rings. The molecule has 7 heteroatoms. The van der Waals surface area contributed by atoms with E-state index in [1.54, 1.807) is 0 Å². The van der Waals surface area contributed by atoms with Crippen LogP contribution in [0, 0.1) is 0 Å². The van der Waals surface area contributed by atoms with Crippen LogP contribution in [0.2, 0.25) is 0 Å². The molecule has 1 aliphatic heterocycles. The Morgan fingerprint density at radius 2 is 1.82 bits per heavy atom. The Bertz CT molecular complexity index is 545. The number of Topliss-reactive ketones (excluding diaryl/α,β-unsaturated/α-hetero) is 1. The Morgan fingerprint density at radius 1 is 1.23 bits per heavy atom. The van der Waals surface area contributed by atoms with Crippen LogP contribution in [0.15, 0.2) is 24.3 Å². The fourth-order valence-corrected chi connectivity index (χ4v) is 2.22. The van der Waals surface area contributed by atoms with E-state index in [0.717, 1.165) is 0 Å². The molecule has 0 spiro atoms. The number of rotatable bonds is 4. The highest BCUT2D eigenvalue weighted by Crippen LogP contribution is 2.31. The van der Waals surface area contributed by atoms with Crippen LogP contribution in [0.5, 0.6) is 0 Å². The first kappa shape index (κ1) is 16.5. The minimum absolute atomic E-state index is 0.0442. The molecule has 1 aromatic rings. The minimum Gasteiger partial charge on any atom is -0.446 e. The van der Waals surface area contributed by atoms with Crippen LogP contribution >= 0.6 is 0 Å². The van der Waals surface area contributed by atoms with Gasteiger partial charge in [-0.1, -0.05) is 12.1 Å². The second-order valence-corrected chi connectivity index (χ2v) is 5.05. The van der Waals surface area contributed by atoms with E-state index < -0.39 is 24.4 Å². The summed E-state index contributed by atoms with van der Waals surface area (Å²) >= 11 is 0. The molecule has 1 fully saturated rings. The number of carbonyl (C=O) groups excluding carboxylic acids is 2. The molecule has 120 valence electrons. The number of halogens is 3. The van der Waals surface area contributed by atoms with E-state index in [1.807, 2.05) is 0 Å². The van der Waals surface area contributed by atoms with Crippen molar-refractivity contribution in [1.29, 1.82) is 0 Å². The maximum atomic E-state index is 13.0. The first-order valence-electron chi connectivity index (χ1n) is 6.79. The largest absolute Gasteiger partial charge is 0.446 e. The third-order valence-electron chi connectivity index (χ3n) is 3.39. The fourth-order valence-electron chi connectivity index (χ4n) is 2.22. The average molecular weight is 316 g/mol. The van der Waals surface area contributed by atoms with Crippen molar-refractivity contribution in [3.05, 3.63) is 35.4 Å². The highest BCUT2D eigenvalue weighted by Gasteiger charge is 2.49. The van der Waals surface area contributed by atoms with E-state index in [2.05, 4.69) is 4.74 Å². The number of ketones is 1. The molecule has 4 nitrogen and oxygen atoms in total. The molecule has 0 aliphatic carbocycles. The van der Waals surface area contributed by atoms with Gasteiger partial charge in [0.2, 0.25) is 6.10 Å². The Kier molecular flexibility index (Phi) is 4.85. The van der Waals surface area contributed by atoms with Crippen LogP contribution in [0.4, 0.5) is 13.2 Å². The molecule has 0 bridgehead atoms. The van der Waals surface area contributed by atoms with Crippen LogP contribution in [-0.2, 0) is 9.47 Å². The van der Waals surface area contributed by atoms with Crippen LogP contribution in [0.3, 0.4) is 0 Å². The van der Waals surface area contributed by atoms with Gasteiger partial charge in [-0.05, 0) is 31.9 Å². The van der Waals surface area contributed by atoms with Crippen LogP contribution < -0.4 is 0 Å². The quantitative estimate of drug-likeness (QED) is 0.632. The molecule has 1 saturated heterocycles. The van der Waals surface area contributed by atoms with Crippen molar-refractivity contribution in [1.82, 2.24) is 0 Å². The maximum Gasteiger partial charge on any atom is 0.428 e. The summed E-state index contributed by atoms with van der Waals surface area (Å²) in [5, 5.41) is 0. The van der Waals surface area contributed by atoms with E-state index in [1.165, 1.54) is 31.2 Å². The number of ether oxygens (including phenoxy) is 2. The van der Waals surface area contributed by atoms with Crippen LogP contribution in [-0.4, -0.2) is 36.7 Å². The topological polar surface area (TPSA) is 52.6 Å². The normalized spacial score (nSPS) is 19.7. The third-order valence-corrected chi connectivity index (χ3v) is 3.39. The fraction of sp³-hybridized carbons (Fsp3) is 0.467. The number of hydrogen-bond acceptors (Lipinski definition) is 4. The molecule has 0 aromatic heterocycles. The van der Waals surface area contributed by atoms with Crippen molar-refractivity contribution in [2.45, 2.75) is 38.1 Å². The van der Waals surface area contributed by atoms with E-state index >= 15 is 0 Å². The van der Waals surface area contributed by atoms with Crippen LogP contribution in [0.25, 0.3) is 0 Å². The summed E-state index contributed by atoms with van der Waals surface area (Å²) in [6.45, 7) is 1.58. The van der Waals surface area contributed by atoms with Crippen molar-refractivity contribution >= 4 is 11.8 Å². The van der Waals surface area contributed by atoms with Gasteiger partial charge in [0.25, 0.3) is 0 Å². The number of carbonyl (C=O) groups is 2. The lowest BCUT2D eigenvalue weighted by Crippen LogP contribution is -2.43. The third kappa shape index (κ3) is 3.85. The monoisotopic (exact) mass is 316 g/mol. The van der Waals surface area contributed by atoms with Gasteiger partial charge in [0.05, 0.1) is 5.56 Å². The lowest BCUT2D eigenvalue weighted by Gasteiger charge is -2.25. The molecule has 2 rings (SSSR count). The number of hydrogen-bond donors (Lipinski definition) is 0. The summed E-state index contributed by atoms with van der Waals surface area (Å²) in [5.74, 6) is -1.29. The molecule has 2 unspecified atom stereocenters. The van der Waals surface area contributed by atoms with Crippen LogP contribution in [0.1, 0.15) is 40.5 Å². The maximum absolute atomic E-state index is 13.0. The average Bonchev–Trinajstić information content (AvgIpc) is 2.97. The van der Waals surface area contributed by atoms with Gasteiger partial charge < -0.3 is 9.47 Å². The van der Waals surface area contributed by atoms with Crippen molar-refractivity contribution in [3.63, 3.8) is 0 Å². The highest BCUT2D eigenvalue weighted by atomic mass is 19.4. The predicted molar refractivity (Wildman–Crippen MR) is 70.7 cm³/mol. The van der Waals surface area contributed by atoms with E-state index in [-0.39, 0.29) is 24.4 Å². The van der Waals surface area contributed by atoms with Crippen molar-refractivity contribution < 1.29 is 32.2 Å². The second-order valence-electron chi connectivity index (χ2n) is 5.05. The molecule has 1 aromatic carbocycles. The Hall–Kier alpha value is -1.89. The molecule has 0 saturated carbocycles. The lowest BCUT2D eigenvalue weighted by atomic mass is 10.1. The lowest BCUT2D eigenvalue weighted by molar-refractivity contribution is -0.230. The van der Waals surface area contributed by atoms with Gasteiger partial charge in [-0.2, -0.15) is 13.2 Å². The van der Waals surface area contributed by atoms with Crippen molar-refractivity contribution in [2.24, 2.45) is 0 Å². The van der Waals surface area contributed by atoms with Gasteiger partial charge in [-0.3, -0.25) is 4.79 Å². The smallest absolute Gasteiger partial charge is 0.428 e.